The summed E-state index contributed by atoms with van der Waals surface area (Å²) in [6.07, 6.45) is 0. The molecule has 1 aromatic heterocycles. The van der Waals surface area contributed by atoms with Crippen molar-refractivity contribution in [3.63, 3.8) is 0 Å². The van der Waals surface area contributed by atoms with Gasteiger partial charge in [0.15, 0.2) is 0 Å². The number of nitro groups is 1. The van der Waals surface area contributed by atoms with E-state index in [-0.39, 0.29) is 9.90 Å². The zero-order chi connectivity index (χ0) is 9.35. The minimum atomic E-state index is -3.84. The van der Waals surface area contributed by atoms with Gasteiger partial charge in [-0.25, -0.2) is 8.42 Å². The van der Waals surface area contributed by atoms with E-state index in [2.05, 4.69) is 0 Å². The van der Waals surface area contributed by atoms with Crippen LogP contribution in [0.1, 0.15) is 0 Å². The van der Waals surface area contributed by atoms with Crippen LogP contribution in [0.4, 0.5) is 5.00 Å². The van der Waals surface area contributed by atoms with E-state index in [0.717, 1.165) is 22.8 Å². The van der Waals surface area contributed by atoms with Gasteiger partial charge in [-0.15, -0.1) is 0 Å². The minimum absolute atomic E-state index is 0.235. The van der Waals surface area contributed by atoms with Gasteiger partial charge in [-0.3, -0.25) is 10.1 Å². The molecule has 0 atom stereocenters. The molecule has 1 rings (SSSR count). The molecule has 0 aliphatic rings. The molecule has 0 fully saturated rings. The van der Waals surface area contributed by atoms with Crippen molar-refractivity contribution in [3.8, 4) is 0 Å². The molecule has 12 heavy (non-hydrogen) atoms. The Kier molecular flexibility index (Phi) is 2.36. The molecule has 0 bridgehead atoms. The molecule has 0 amide bonds. The second kappa shape index (κ2) is 3.00. The summed E-state index contributed by atoms with van der Waals surface area (Å²) in [6, 6.07) is 0.924. The summed E-state index contributed by atoms with van der Waals surface area (Å²) >= 11 is 0.722. The second-order valence-electron chi connectivity index (χ2n) is 1.82. The lowest BCUT2D eigenvalue weighted by atomic mass is 10.6. The van der Waals surface area contributed by atoms with E-state index in [1.807, 2.05) is 0 Å². The van der Waals surface area contributed by atoms with Gasteiger partial charge < -0.3 is 0 Å². The van der Waals surface area contributed by atoms with E-state index in [1.54, 1.807) is 0 Å². The molecule has 5 nitrogen and oxygen atoms in total. The summed E-state index contributed by atoms with van der Waals surface area (Å²) in [7, 11) is 1.10. The van der Waals surface area contributed by atoms with Gasteiger partial charge in [0.1, 0.15) is 4.90 Å². The first-order chi connectivity index (χ1) is 5.41. The Morgan fingerprint density at radius 3 is 2.42 bits per heavy atom. The van der Waals surface area contributed by atoms with E-state index in [9.17, 15) is 18.5 Å². The normalized spacial score (nSPS) is 11.4. The highest BCUT2D eigenvalue weighted by atomic mass is 35.7. The fourth-order valence-corrected chi connectivity index (χ4v) is 2.51. The standard InChI is InChI=1S/C4H2ClNO4S2/c5-12(9,10)3-1-4(6(7)8)11-2-3/h1-2H. The zero-order valence-corrected chi connectivity index (χ0v) is 7.82. The molecule has 0 radical (unpaired) electrons. The first-order valence-electron chi connectivity index (χ1n) is 2.59. The third kappa shape index (κ3) is 1.93. The Bertz CT molecular complexity index is 408. The first kappa shape index (κ1) is 9.43. The second-order valence-corrected chi connectivity index (χ2v) is 5.27. The number of halogens is 1. The fourth-order valence-electron chi connectivity index (χ4n) is 0.532. The summed E-state index contributed by atoms with van der Waals surface area (Å²) in [5.74, 6) is 0. The van der Waals surface area contributed by atoms with Gasteiger partial charge in [0.2, 0.25) is 0 Å². The van der Waals surface area contributed by atoms with E-state index in [4.69, 9.17) is 10.7 Å². The number of thiophene rings is 1. The summed E-state index contributed by atoms with van der Waals surface area (Å²) in [5.41, 5.74) is 0. The van der Waals surface area contributed by atoms with Crippen LogP contribution in [0.2, 0.25) is 0 Å². The molecule has 66 valence electrons. The van der Waals surface area contributed by atoms with Crippen LogP contribution in [0.15, 0.2) is 16.3 Å². The molecule has 8 heteroatoms. The minimum Gasteiger partial charge on any atom is -0.258 e. The Morgan fingerprint density at radius 1 is 1.58 bits per heavy atom. The molecule has 0 unspecified atom stereocenters. The average molecular weight is 228 g/mol. The van der Waals surface area contributed by atoms with Crippen molar-refractivity contribution in [1.82, 2.24) is 0 Å². The number of nitrogens with zero attached hydrogens (tertiary/aromatic N) is 1. The van der Waals surface area contributed by atoms with E-state index >= 15 is 0 Å². The average Bonchev–Trinajstić information content (AvgIpc) is 2.30. The van der Waals surface area contributed by atoms with E-state index < -0.39 is 14.0 Å². The maximum atomic E-state index is 10.6. The first-order valence-corrected chi connectivity index (χ1v) is 5.78. The molecule has 0 saturated carbocycles. The Balaban J connectivity index is 3.17. The van der Waals surface area contributed by atoms with Crippen molar-refractivity contribution in [3.05, 3.63) is 21.6 Å². The van der Waals surface area contributed by atoms with Crippen molar-refractivity contribution in [2.24, 2.45) is 0 Å². The van der Waals surface area contributed by atoms with Gasteiger partial charge in [-0.1, -0.05) is 11.3 Å². The Hall–Kier alpha value is -0.660. The fraction of sp³-hybridized carbons (Fsp3) is 0. The van der Waals surface area contributed by atoms with Crippen molar-refractivity contribution in [1.29, 1.82) is 0 Å². The maximum absolute atomic E-state index is 10.6. The SMILES string of the molecule is O=[N+]([O-])c1cc(S(=O)(=O)Cl)cs1. The Labute approximate surface area is 76.2 Å². The predicted molar refractivity (Wildman–Crippen MR) is 44.0 cm³/mol. The Morgan fingerprint density at radius 2 is 2.17 bits per heavy atom. The molecule has 1 aromatic rings. The summed E-state index contributed by atoms with van der Waals surface area (Å²) in [4.78, 5) is 9.21. The van der Waals surface area contributed by atoms with Crippen LogP contribution < -0.4 is 0 Å². The molecular weight excluding hydrogens is 226 g/mol. The van der Waals surface area contributed by atoms with Crippen LogP contribution in [-0.2, 0) is 9.05 Å². The largest absolute Gasteiger partial charge is 0.325 e. The lowest BCUT2D eigenvalue weighted by Crippen LogP contribution is -1.86. The van der Waals surface area contributed by atoms with Crippen molar-refractivity contribution >= 4 is 36.1 Å². The highest BCUT2D eigenvalue weighted by Gasteiger charge is 2.17. The number of hydrogen-bond acceptors (Lipinski definition) is 5. The molecule has 0 aliphatic carbocycles. The van der Waals surface area contributed by atoms with E-state index in [0.29, 0.717) is 0 Å². The predicted octanol–water partition coefficient (Wildman–Crippen LogP) is 1.58. The van der Waals surface area contributed by atoms with Crippen LogP contribution >= 0.6 is 22.0 Å². The molecule has 0 saturated heterocycles. The van der Waals surface area contributed by atoms with Crippen LogP contribution in [0.3, 0.4) is 0 Å². The van der Waals surface area contributed by atoms with Crippen molar-refractivity contribution in [2.45, 2.75) is 4.90 Å². The number of hydrogen-bond donors (Lipinski definition) is 0. The van der Waals surface area contributed by atoms with Gasteiger partial charge in [0.25, 0.3) is 9.05 Å². The molecule has 0 aliphatic heterocycles. The third-order valence-electron chi connectivity index (χ3n) is 1.02. The summed E-state index contributed by atoms with van der Waals surface area (Å²) in [6.45, 7) is 0. The van der Waals surface area contributed by atoms with Crippen LogP contribution in [0.5, 0.6) is 0 Å². The smallest absolute Gasteiger partial charge is 0.258 e. The van der Waals surface area contributed by atoms with Crippen molar-refractivity contribution < 1.29 is 13.3 Å². The lowest BCUT2D eigenvalue weighted by Gasteiger charge is -1.83. The summed E-state index contributed by atoms with van der Waals surface area (Å²) < 4.78 is 21.2. The topological polar surface area (TPSA) is 77.3 Å². The molecule has 0 aromatic carbocycles. The van der Waals surface area contributed by atoms with Crippen LogP contribution in [-0.4, -0.2) is 13.3 Å². The molecule has 0 spiro atoms. The third-order valence-corrected chi connectivity index (χ3v) is 3.39. The van der Waals surface area contributed by atoms with Gasteiger partial charge in [-0.05, 0) is 0 Å². The quantitative estimate of drug-likeness (QED) is 0.437. The highest BCUT2D eigenvalue weighted by Crippen LogP contribution is 2.27. The summed E-state index contributed by atoms with van der Waals surface area (Å²) in [5, 5.41) is 11.0. The lowest BCUT2D eigenvalue weighted by molar-refractivity contribution is -0.380. The van der Waals surface area contributed by atoms with Crippen molar-refractivity contribution in [2.75, 3.05) is 0 Å². The molecule has 1 heterocycles. The highest BCUT2D eigenvalue weighted by molar-refractivity contribution is 8.13. The van der Waals surface area contributed by atoms with Gasteiger partial charge in [0.05, 0.1) is 4.92 Å². The van der Waals surface area contributed by atoms with Gasteiger partial charge >= 0.3 is 5.00 Å². The maximum Gasteiger partial charge on any atom is 0.325 e. The van der Waals surface area contributed by atoms with Crippen LogP contribution in [0.25, 0.3) is 0 Å². The molecular formula is C4H2ClNO4S2. The van der Waals surface area contributed by atoms with Gasteiger partial charge in [-0.2, -0.15) is 0 Å². The number of rotatable bonds is 2. The van der Waals surface area contributed by atoms with Gasteiger partial charge in [0, 0.05) is 22.1 Å². The van der Waals surface area contributed by atoms with E-state index in [1.165, 1.54) is 0 Å². The monoisotopic (exact) mass is 227 g/mol. The molecule has 0 N–H and O–H groups in total. The zero-order valence-electron chi connectivity index (χ0n) is 5.43. The van der Waals surface area contributed by atoms with Crippen LogP contribution in [0, 0.1) is 10.1 Å².